The number of nitrogens with zero attached hydrogens (tertiary/aromatic N) is 1. The molecule has 1 aromatic carbocycles. The number of sulfone groups is 1. The van der Waals surface area contributed by atoms with Crippen LogP contribution in [0, 0.1) is 5.92 Å². The van der Waals surface area contributed by atoms with E-state index in [9.17, 15) is 13.2 Å². The zero-order chi connectivity index (χ0) is 16.9. The highest BCUT2D eigenvalue weighted by atomic mass is 35.5. The summed E-state index contributed by atoms with van der Waals surface area (Å²) in [5.74, 6) is 0.920. The molecule has 0 spiro atoms. The van der Waals surface area contributed by atoms with E-state index in [-0.39, 0.29) is 29.1 Å². The summed E-state index contributed by atoms with van der Waals surface area (Å²) in [6, 6.07) is 6.37. The SMILES string of the molecule is CN(CCCOc1ccc(S(C)(=O)=O)cc1)C(=O)C1CCNC1.Cl. The maximum Gasteiger partial charge on any atom is 0.226 e. The summed E-state index contributed by atoms with van der Waals surface area (Å²) < 4.78 is 28.3. The molecule has 0 aromatic heterocycles. The van der Waals surface area contributed by atoms with Gasteiger partial charge in [0.15, 0.2) is 9.84 Å². The number of hydrogen-bond donors (Lipinski definition) is 1. The number of hydrogen-bond acceptors (Lipinski definition) is 5. The number of benzene rings is 1. The molecule has 136 valence electrons. The molecular weight excluding hydrogens is 352 g/mol. The van der Waals surface area contributed by atoms with Crippen molar-refractivity contribution in [2.24, 2.45) is 5.92 Å². The highest BCUT2D eigenvalue weighted by molar-refractivity contribution is 7.90. The fourth-order valence-electron chi connectivity index (χ4n) is 2.56. The van der Waals surface area contributed by atoms with Gasteiger partial charge in [0.05, 0.1) is 17.4 Å². The van der Waals surface area contributed by atoms with E-state index < -0.39 is 9.84 Å². The van der Waals surface area contributed by atoms with Crippen molar-refractivity contribution >= 4 is 28.2 Å². The molecule has 1 atom stereocenters. The van der Waals surface area contributed by atoms with Crippen molar-refractivity contribution in [2.75, 3.05) is 39.5 Å². The number of ether oxygens (including phenoxy) is 1. The van der Waals surface area contributed by atoms with Gasteiger partial charge >= 0.3 is 0 Å². The van der Waals surface area contributed by atoms with Crippen LogP contribution in [0.15, 0.2) is 29.2 Å². The van der Waals surface area contributed by atoms with Crippen molar-refractivity contribution < 1.29 is 17.9 Å². The molecule has 1 unspecified atom stereocenters. The summed E-state index contributed by atoms with van der Waals surface area (Å²) in [4.78, 5) is 14.2. The van der Waals surface area contributed by atoms with E-state index in [4.69, 9.17) is 4.74 Å². The van der Waals surface area contributed by atoms with E-state index >= 15 is 0 Å². The molecule has 1 aliphatic heterocycles. The van der Waals surface area contributed by atoms with Crippen LogP contribution in [0.1, 0.15) is 12.8 Å². The fraction of sp³-hybridized carbons (Fsp3) is 0.562. The maximum absolute atomic E-state index is 12.1. The first kappa shape index (κ1) is 20.7. The van der Waals surface area contributed by atoms with Crippen molar-refractivity contribution in [1.29, 1.82) is 0 Å². The molecule has 1 fully saturated rings. The van der Waals surface area contributed by atoms with Crippen molar-refractivity contribution in [3.8, 4) is 5.75 Å². The van der Waals surface area contributed by atoms with E-state index in [0.29, 0.717) is 18.9 Å². The van der Waals surface area contributed by atoms with Gasteiger partial charge in [0.2, 0.25) is 5.91 Å². The molecule has 24 heavy (non-hydrogen) atoms. The van der Waals surface area contributed by atoms with Crippen LogP contribution in [-0.2, 0) is 14.6 Å². The molecule has 8 heteroatoms. The van der Waals surface area contributed by atoms with Crippen LogP contribution in [0.5, 0.6) is 5.75 Å². The minimum absolute atomic E-state index is 0. The first-order valence-corrected chi connectivity index (χ1v) is 9.65. The topological polar surface area (TPSA) is 75.7 Å². The Kier molecular flexibility index (Phi) is 7.99. The van der Waals surface area contributed by atoms with E-state index in [0.717, 1.165) is 25.9 Å². The van der Waals surface area contributed by atoms with Gasteiger partial charge in [-0.1, -0.05) is 0 Å². The van der Waals surface area contributed by atoms with Gasteiger partial charge in [0.1, 0.15) is 5.75 Å². The van der Waals surface area contributed by atoms with E-state index in [1.54, 1.807) is 17.0 Å². The second kappa shape index (κ2) is 9.25. The lowest BCUT2D eigenvalue weighted by Crippen LogP contribution is -2.35. The lowest BCUT2D eigenvalue weighted by molar-refractivity contribution is -0.133. The second-order valence-electron chi connectivity index (χ2n) is 5.90. The quantitative estimate of drug-likeness (QED) is 0.727. The third-order valence-electron chi connectivity index (χ3n) is 3.94. The number of halogens is 1. The molecule has 1 saturated heterocycles. The van der Waals surface area contributed by atoms with Crippen LogP contribution in [0.3, 0.4) is 0 Å². The van der Waals surface area contributed by atoms with Gasteiger partial charge in [0.25, 0.3) is 0 Å². The molecular formula is C16H25ClN2O4S. The molecule has 6 nitrogen and oxygen atoms in total. The van der Waals surface area contributed by atoms with Gasteiger partial charge in [0, 0.05) is 26.4 Å². The first-order chi connectivity index (χ1) is 10.9. The molecule has 0 aliphatic carbocycles. The van der Waals surface area contributed by atoms with Crippen LogP contribution in [-0.4, -0.2) is 58.8 Å². The number of rotatable bonds is 7. The molecule has 1 amide bonds. The fourth-order valence-corrected chi connectivity index (χ4v) is 3.19. The Morgan fingerprint density at radius 2 is 2.00 bits per heavy atom. The summed E-state index contributed by atoms with van der Waals surface area (Å²) in [6.45, 7) is 2.82. The average Bonchev–Trinajstić information content (AvgIpc) is 3.04. The Balaban J connectivity index is 0.00000288. The summed E-state index contributed by atoms with van der Waals surface area (Å²) in [5.41, 5.74) is 0. The van der Waals surface area contributed by atoms with Gasteiger partial charge in [-0.3, -0.25) is 4.79 Å². The summed E-state index contributed by atoms with van der Waals surface area (Å²) in [5, 5.41) is 3.20. The van der Waals surface area contributed by atoms with Crippen LogP contribution in [0.25, 0.3) is 0 Å². The molecule has 0 saturated carbocycles. The smallest absolute Gasteiger partial charge is 0.226 e. The molecule has 0 radical (unpaired) electrons. The van der Waals surface area contributed by atoms with Crippen LogP contribution in [0.2, 0.25) is 0 Å². The Labute approximate surface area is 149 Å². The van der Waals surface area contributed by atoms with Gasteiger partial charge in [-0.15, -0.1) is 12.4 Å². The van der Waals surface area contributed by atoms with E-state index in [1.807, 2.05) is 7.05 Å². The Morgan fingerprint density at radius 3 is 2.54 bits per heavy atom. The standard InChI is InChI=1S/C16H24N2O4S.ClH/c1-18(16(19)13-8-9-17-12-13)10-3-11-22-14-4-6-15(7-5-14)23(2,20)21;/h4-7,13,17H,3,8-12H2,1-2H3;1H. The number of nitrogens with one attached hydrogen (secondary N) is 1. The predicted octanol–water partition coefficient (Wildman–Crippen LogP) is 1.35. The predicted molar refractivity (Wildman–Crippen MR) is 95.5 cm³/mol. The van der Waals surface area contributed by atoms with Crippen molar-refractivity contribution in [3.05, 3.63) is 24.3 Å². The van der Waals surface area contributed by atoms with Gasteiger partial charge in [-0.05, 0) is 43.7 Å². The summed E-state index contributed by atoms with van der Waals surface area (Å²) >= 11 is 0. The second-order valence-corrected chi connectivity index (χ2v) is 7.91. The number of amides is 1. The zero-order valence-corrected chi connectivity index (χ0v) is 15.7. The molecule has 1 N–H and O–H groups in total. The average molecular weight is 377 g/mol. The Bertz CT molecular complexity index is 628. The normalized spacial score (nSPS) is 17.2. The maximum atomic E-state index is 12.1. The highest BCUT2D eigenvalue weighted by Gasteiger charge is 2.24. The minimum Gasteiger partial charge on any atom is -0.494 e. The Morgan fingerprint density at radius 1 is 1.33 bits per heavy atom. The molecule has 2 rings (SSSR count). The van der Waals surface area contributed by atoms with Gasteiger partial charge in [-0.2, -0.15) is 0 Å². The third kappa shape index (κ3) is 5.96. The molecule has 1 aliphatic rings. The van der Waals surface area contributed by atoms with Crippen molar-refractivity contribution in [3.63, 3.8) is 0 Å². The highest BCUT2D eigenvalue weighted by Crippen LogP contribution is 2.16. The molecule has 1 aromatic rings. The summed E-state index contributed by atoms with van der Waals surface area (Å²) in [6.07, 6.45) is 2.82. The van der Waals surface area contributed by atoms with E-state index in [1.165, 1.54) is 18.4 Å². The molecule has 0 bridgehead atoms. The largest absolute Gasteiger partial charge is 0.494 e. The third-order valence-corrected chi connectivity index (χ3v) is 5.07. The number of carbonyl (C=O) groups is 1. The zero-order valence-electron chi connectivity index (χ0n) is 14.0. The first-order valence-electron chi connectivity index (χ1n) is 7.76. The monoisotopic (exact) mass is 376 g/mol. The van der Waals surface area contributed by atoms with Gasteiger partial charge < -0.3 is 15.0 Å². The minimum atomic E-state index is -3.18. The van der Waals surface area contributed by atoms with E-state index in [2.05, 4.69) is 5.32 Å². The van der Waals surface area contributed by atoms with Crippen LogP contribution in [0.4, 0.5) is 0 Å². The lowest BCUT2D eigenvalue weighted by Gasteiger charge is -2.20. The van der Waals surface area contributed by atoms with Crippen molar-refractivity contribution in [2.45, 2.75) is 17.7 Å². The van der Waals surface area contributed by atoms with Crippen LogP contribution >= 0.6 is 12.4 Å². The Hall–Kier alpha value is -1.31. The summed E-state index contributed by atoms with van der Waals surface area (Å²) in [7, 11) is -1.36. The lowest BCUT2D eigenvalue weighted by atomic mass is 10.1. The van der Waals surface area contributed by atoms with Gasteiger partial charge in [-0.25, -0.2) is 8.42 Å². The van der Waals surface area contributed by atoms with Crippen molar-refractivity contribution in [1.82, 2.24) is 10.2 Å². The number of carbonyl (C=O) groups excluding carboxylic acids is 1. The van der Waals surface area contributed by atoms with Crippen LogP contribution < -0.4 is 10.1 Å². The molecule has 1 heterocycles.